The van der Waals surface area contributed by atoms with Gasteiger partial charge in [0, 0.05) is 32.9 Å². The molecule has 2 rings (SSSR count). The maximum absolute atomic E-state index is 12.5. The first-order valence-corrected chi connectivity index (χ1v) is 8.65. The summed E-state index contributed by atoms with van der Waals surface area (Å²) in [5, 5.41) is 3.09. The lowest BCUT2D eigenvalue weighted by molar-refractivity contribution is 0.00856. The minimum atomic E-state index is -3.55. The summed E-state index contributed by atoms with van der Waals surface area (Å²) >= 11 is 0. The quantitative estimate of drug-likeness (QED) is 0.848. The molecule has 1 saturated heterocycles. The van der Waals surface area contributed by atoms with E-state index in [4.69, 9.17) is 4.74 Å². The molecule has 6 nitrogen and oxygen atoms in total. The number of aromatic nitrogens is 1. The molecule has 0 bridgehead atoms. The third kappa shape index (κ3) is 4.23. The smallest absolute Gasteiger partial charge is 0.260 e. The summed E-state index contributed by atoms with van der Waals surface area (Å²) in [4.78, 5) is 4.07. The molecule has 0 amide bonds. The summed E-state index contributed by atoms with van der Waals surface area (Å²) in [6.07, 6.45) is 4.64. The van der Waals surface area contributed by atoms with E-state index in [1.54, 1.807) is 25.4 Å². The molecule has 1 N–H and O–H groups in total. The molecule has 0 aliphatic carbocycles. The fourth-order valence-corrected chi connectivity index (χ4v) is 3.48. The number of likely N-dealkylation sites (N-methyl/N-ethyl adjacent to an activating group) is 1. The zero-order valence-electron chi connectivity index (χ0n) is 12.6. The van der Waals surface area contributed by atoms with E-state index >= 15 is 0 Å². The third-order valence-electron chi connectivity index (χ3n) is 3.59. The highest BCUT2D eigenvalue weighted by molar-refractivity contribution is 7.89. The van der Waals surface area contributed by atoms with Gasteiger partial charge in [-0.1, -0.05) is 6.07 Å². The summed E-state index contributed by atoms with van der Waals surface area (Å²) in [6, 6.07) is 3.33. The Morgan fingerprint density at radius 2 is 2.24 bits per heavy atom. The van der Waals surface area contributed by atoms with Gasteiger partial charge in [-0.2, -0.15) is 4.31 Å². The molecule has 1 unspecified atom stereocenters. The molecule has 0 saturated carbocycles. The number of nitrogens with one attached hydrogen (secondary N) is 1. The first-order chi connectivity index (χ1) is 10.0. The maximum atomic E-state index is 12.5. The Morgan fingerprint density at radius 3 is 2.81 bits per heavy atom. The van der Waals surface area contributed by atoms with Crippen LogP contribution < -0.4 is 5.32 Å². The van der Waals surface area contributed by atoms with Crippen molar-refractivity contribution in [3.05, 3.63) is 23.9 Å². The van der Waals surface area contributed by atoms with E-state index in [0.717, 1.165) is 31.4 Å². The zero-order chi connectivity index (χ0) is 15.3. The van der Waals surface area contributed by atoms with Crippen molar-refractivity contribution in [1.29, 1.82) is 0 Å². The Kier molecular flexibility index (Phi) is 5.69. The summed E-state index contributed by atoms with van der Waals surface area (Å²) in [5.41, 5.74) is 0.953. The number of ether oxygens (including phenoxy) is 1. The van der Waals surface area contributed by atoms with Gasteiger partial charge in [-0.3, -0.25) is 0 Å². The van der Waals surface area contributed by atoms with Gasteiger partial charge in [0.15, 0.2) is 5.03 Å². The topological polar surface area (TPSA) is 71.5 Å². The highest BCUT2D eigenvalue weighted by atomic mass is 32.2. The lowest BCUT2D eigenvalue weighted by Crippen LogP contribution is -2.37. The van der Waals surface area contributed by atoms with Gasteiger partial charge in [-0.25, -0.2) is 13.4 Å². The molecule has 2 heterocycles. The summed E-state index contributed by atoms with van der Waals surface area (Å²) in [5.74, 6) is 0. The van der Waals surface area contributed by atoms with Crippen LogP contribution in [-0.2, 0) is 21.3 Å². The molecule has 1 fully saturated rings. The molecule has 1 atom stereocenters. The van der Waals surface area contributed by atoms with Crippen molar-refractivity contribution in [1.82, 2.24) is 14.6 Å². The van der Waals surface area contributed by atoms with Crippen LogP contribution in [0, 0.1) is 0 Å². The minimum Gasteiger partial charge on any atom is -0.377 e. The van der Waals surface area contributed by atoms with Crippen molar-refractivity contribution in [2.45, 2.75) is 36.9 Å². The maximum Gasteiger partial charge on any atom is 0.260 e. The Bertz CT molecular complexity index is 539. The second kappa shape index (κ2) is 7.31. The molecule has 1 aromatic heterocycles. The van der Waals surface area contributed by atoms with Crippen LogP contribution in [-0.4, -0.2) is 51.1 Å². The molecular weight excluding hydrogens is 290 g/mol. The number of hydrogen-bond donors (Lipinski definition) is 1. The predicted octanol–water partition coefficient (Wildman–Crippen LogP) is 0.991. The average Bonchev–Trinajstić information content (AvgIpc) is 2.49. The second-order valence-electron chi connectivity index (χ2n) is 5.31. The van der Waals surface area contributed by atoms with Gasteiger partial charge in [-0.15, -0.1) is 0 Å². The van der Waals surface area contributed by atoms with Crippen LogP contribution in [0.4, 0.5) is 0 Å². The van der Waals surface area contributed by atoms with E-state index < -0.39 is 10.0 Å². The molecule has 7 heteroatoms. The van der Waals surface area contributed by atoms with Gasteiger partial charge >= 0.3 is 0 Å². The van der Waals surface area contributed by atoms with Crippen molar-refractivity contribution in [3.8, 4) is 0 Å². The SMILES string of the molecule is CNCc1ccc(S(=O)(=O)N(C)CC2CCCCO2)nc1. The van der Waals surface area contributed by atoms with Gasteiger partial charge in [0.25, 0.3) is 10.0 Å². The Hall–Kier alpha value is -1.02. The van der Waals surface area contributed by atoms with Crippen LogP contribution in [0.5, 0.6) is 0 Å². The summed E-state index contributed by atoms with van der Waals surface area (Å²) in [6.45, 7) is 1.76. The molecule has 1 aliphatic heterocycles. The molecular formula is C14H23N3O3S. The van der Waals surface area contributed by atoms with Gasteiger partial charge in [-0.05, 0) is 37.9 Å². The molecule has 0 aromatic carbocycles. The normalized spacial score (nSPS) is 19.9. The molecule has 118 valence electrons. The van der Waals surface area contributed by atoms with E-state index in [0.29, 0.717) is 13.1 Å². The minimum absolute atomic E-state index is 0.0120. The average molecular weight is 313 g/mol. The number of hydrogen-bond acceptors (Lipinski definition) is 5. The largest absolute Gasteiger partial charge is 0.377 e. The fraction of sp³-hybridized carbons (Fsp3) is 0.643. The van der Waals surface area contributed by atoms with E-state index in [-0.39, 0.29) is 11.1 Å². The number of rotatable bonds is 6. The van der Waals surface area contributed by atoms with Gasteiger partial charge in [0.1, 0.15) is 0 Å². The van der Waals surface area contributed by atoms with E-state index in [1.807, 2.05) is 7.05 Å². The van der Waals surface area contributed by atoms with Crippen molar-refractivity contribution in [2.24, 2.45) is 0 Å². The highest BCUT2D eigenvalue weighted by Gasteiger charge is 2.26. The highest BCUT2D eigenvalue weighted by Crippen LogP contribution is 2.17. The summed E-state index contributed by atoms with van der Waals surface area (Å²) in [7, 11) is -0.132. The zero-order valence-corrected chi connectivity index (χ0v) is 13.4. The molecule has 0 radical (unpaired) electrons. The van der Waals surface area contributed by atoms with Crippen LogP contribution in [0.25, 0.3) is 0 Å². The van der Waals surface area contributed by atoms with Crippen LogP contribution in [0.1, 0.15) is 24.8 Å². The van der Waals surface area contributed by atoms with Gasteiger partial charge in [0.05, 0.1) is 6.10 Å². The first-order valence-electron chi connectivity index (χ1n) is 7.21. The van der Waals surface area contributed by atoms with Crippen LogP contribution in [0.15, 0.2) is 23.4 Å². The number of pyridine rings is 1. The Balaban J connectivity index is 2.05. The standard InChI is InChI=1S/C14H23N3O3S/c1-15-9-12-6-7-14(16-10-12)21(18,19)17(2)11-13-5-3-4-8-20-13/h6-7,10,13,15H,3-5,8-9,11H2,1-2H3. The number of sulfonamides is 1. The van der Waals surface area contributed by atoms with Crippen molar-refractivity contribution < 1.29 is 13.2 Å². The van der Waals surface area contributed by atoms with E-state index in [1.165, 1.54) is 4.31 Å². The monoisotopic (exact) mass is 313 g/mol. The Labute approximate surface area is 126 Å². The second-order valence-corrected chi connectivity index (χ2v) is 7.30. The number of nitrogens with zero attached hydrogens (tertiary/aromatic N) is 2. The lowest BCUT2D eigenvalue weighted by atomic mass is 10.1. The third-order valence-corrected chi connectivity index (χ3v) is 5.33. The van der Waals surface area contributed by atoms with Gasteiger partial charge < -0.3 is 10.1 Å². The fourth-order valence-electron chi connectivity index (χ4n) is 2.37. The molecule has 1 aromatic rings. The molecule has 21 heavy (non-hydrogen) atoms. The molecule has 1 aliphatic rings. The summed E-state index contributed by atoms with van der Waals surface area (Å²) < 4.78 is 31.9. The first kappa shape index (κ1) is 16.4. The lowest BCUT2D eigenvalue weighted by Gasteiger charge is -2.26. The van der Waals surface area contributed by atoms with E-state index in [2.05, 4.69) is 10.3 Å². The van der Waals surface area contributed by atoms with E-state index in [9.17, 15) is 8.42 Å². The van der Waals surface area contributed by atoms with Crippen molar-refractivity contribution in [2.75, 3.05) is 27.2 Å². The van der Waals surface area contributed by atoms with Crippen molar-refractivity contribution in [3.63, 3.8) is 0 Å². The predicted molar refractivity (Wildman–Crippen MR) is 80.4 cm³/mol. The van der Waals surface area contributed by atoms with Crippen molar-refractivity contribution >= 4 is 10.0 Å². The van der Waals surface area contributed by atoms with Crippen LogP contribution in [0.3, 0.4) is 0 Å². The van der Waals surface area contributed by atoms with Crippen LogP contribution in [0.2, 0.25) is 0 Å². The molecule has 0 spiro atoms. The van der Waals surface area contributed by atoms with Crippen LogP contribution >= 0.6 is 0 Å². The Morgan fingerprint density at radius 1 is 1.43 bits per heavy atom. The van der Waals surface area contributed by atoms with Gasteiger partial charge in [0.2, 0.25) is 0 Å².